The minimum Gasteiger partial charge on any atom is -0.493 e. The maximum atomic E-state index is 5.71. The molecule has 1 aliphatic rings. The molecule has 1 unspecified atom stereocenters. The third-order valence-corrected chi connectivity index (χ3v) is 2.68. The summed E-state index contributed by atoms with van der Waals surface area (Å²) in [7, 11) is 0. The van der Waals surface area contributed by atoms with E-state index >= 15 is 0 Å². The van der Waals surface area contributed by atoms with E-state index in [9.17, 15) is 0 Å². The molecule has 2 rings (SSSR count). The van der Waals surface area contributed by atoms with Gasteiger partial charge in [0.25, 0.3) is 0 Å². The number of rotatable bonds is 1. The van der Waals surface area contributed by atoms with Gasteiger partial charge in [0.2, 0.25) is 0 Å². The third-order valence-electron chi connectivity index (χ3n) is 2.68. The van der Waals surface area contributed by atoms with Crippen molar-refractivity contribution in [3.63, 3.8) is 0 Å². The molecule has 0 aromatic heterocycles. The van der Waals surface area contributed by atoms with E-state index in [-0.39, 0.29) is 0 Å². The molecular weight excluding hydrogens is 162 g/mol. The van der Waals surface area contributed by atoms with E-state index in [2.05, 4.69) is 25.1 Å². The van der Waals surface area contributed by atoms with Crippen molar-refractivity contribution in [2.24, 2.45) is 5.73 Å². The lowest BCUT2D eigenvalue weighted by Gasteiger charge is -2.25. The highest BCUT2D eigenvalue weighted by atomic mass is 16.5. The molecule has 0 fully saturated rings. The molecule has 2 heteroatoms. The maximum absolute atomic E-state index is 5.71. The van der Waals surface area contributed by atoms with E-state index in [4.69, 9.17) is 10.5 Å². The van der Waals surface area contributed by atoms with Gasteiger partial charge >= 0.3 is 0 Å². The van der Waals surface area contributed by atoms with Crippen LogP contribution < -0.4 is 10.5 Å². The number of nitrogens with two attached hydrogens (primary N) is 1. The van der Waals surface area contributed by atoms with Crippen LogP contribution in [0.3, 0.4) is 0 Å². The second-order valence-corrected chi connectivity index (χ2v) is 3.56. The van der Waals surface area contributed by atoms with Crippen molar-refractivity contribution in [3.8, 4) is 5.75 Å². The smallest absolute Gasteiger partial charge is 0.125 e. The number of benzene rings is 1. The van der Waals surface area contributed by atoms with E-state index in [1.54, 1.807) is 0 Å². The number of hydrogen-bond donors (Lipinski definition) is 1. The second-order valence-electron chi connectivity index (χ2n) is 3.56. The van der Waals surface area contributed by atoms with Crippen LogP contribution in [0, 0.1) is 6.92 Å². The fourth-order valence-corrected chi connectivity index (χ4v) is 1.90. The predicted octanol–water partition coefficient (Wildman–Crippen LogP) is 1.82. The molecule has 1 atom stereocenters. The average molecular weight is 177 g/mol. The van der Waals surface area contributed by atoms with Crippen LogP contribution in [0.5, 0.6) is 5.75 Å². The van der Waals surface area contributed by atoms with E-state index in [0.29, 0.717) is 5.92 Å². The van der Waals surface area contributed by atoms with Crippen molar-refractivity contribution in [1.82, 2.24) is 0 Å². The number of para-hydroxylation sites is 1. The first-order valence-corrected chi connectivity index (χ1v) is 4.75. The molecule has 0 aliphatic carbocycles. The number of ether oxygens (including phenoxy) is 1. The minimum atomic E-state index is 0.489. The minimum absolute atomic E-state index is 0.489. The number of hydrogen-bond acceptors (Lipinski definition) is 2. The summed E-state index contributed by atoms with van der Waals surface area (Å²) < 4.78 is 5.63. The fraction of sp³-hybridized carbons (Fsp3) is 0.455. The molecular formula is C11H15NO. The quantitative estimate of drug-likeness (QED) is 0.710. The van der Waals surface area contributed by atoms with Crippen LogP contribution in [0.4, 0.5) is 0 Å². The summed E-state index contributed by atoms with van der Waals surface area (Å²) in [4.78, 5) is 0. The van der Waals surface area contributed by atoms with Crippen LogP contribution in [0.15, 0.2) is 18.2 Å². The summed E-state index contributed by atoms with van der Waals surface area (Å²) in [6.45, 7) is 3.61. The zero-order valence-electron chi connectivity index (χ0n) is 7.92. The average Bonchev–Trinajstić information content (AvgIpc) is 2.18. The first kappa shape index (κ1) is 8.57. The molecule has 70 valence electrons. The Balaban J connectivity index is 2.45. The molecule has 0 spiro atoms. The molecule has 1 heterocycles. The van der Waals surface area contributed by atoms with Gasteiger partial charge in [-0.2, -0.15) is 0 Å². The van der Waals surface area contributed by atoms with Gasteiger partial charge in [-0.15, -0.1) is 0 Å². The van der Waals surface area contributed by atoms with Crippen molar-refractivity contribution in [1.29, 1.82) is 0 Å². The molecule has 2 nitrogen and oxygen atoms in total. The van der Waals surface area contributed by atoms with Gasteiger partial charge in [0, 0.05) is 5.92 Å². The van der Waals surface area contributed by atoms with Crippen LogP contribution in [-0.2, 0) is 0 Å². The van der Waals surface area contributed by atoms with Crippen LogP contribution >= 0.6 is 0 Å². The van der Waals surface area contributed by atoms with Gasteiger partial charge in [0.05, 0.1) is 6.61 Å². The second kappa shape index (κ2) is 3.38. The fourth-order valence-electron chi connectivity index (χ4n) is 1.90. The van der Waals surface area contributed by atoms with Gasteiger partial charge in [0.15, 0.2) is 0 Å². The molecule has 2 N–H and O–H groups in total. The van der Waals surface area contributed by atoms with E-state index in [1.807, 2.05) is 0 Å². The van der Waals surface area contributed by atoms with Crippen LogP contribution in [0.2, 0.25) is 0 Å². The van der Waals surface area contributed by atoms with Crippen molar-refractivity contribution in [2.75, 3.05) is 13.2 Å². The molecule has 0 radical (unpaired) electrons. The summed E-state index contributed by atoms with van der Waals surface area (Å²) in [6.07, 6.45) is 1.05. The Morgan fingerprint density at radius 2 is 2.38 bits per heavy atom. The Hall–Kier alpha value is -1.02. The van der Waals surface area contributed by atoms with Crippen LogP contribution in [-0.4, -0.2) is 13.2 Å². The Kier molecular flexibility index (Phi) is 2.23. The topological polar surface area (TPSA) is 35.2 Å². The molecule has 0 bridgehead atoms. The molecule has 0 saturated carbocycles. The normalized spacial score (nSPS) is 20.6. The lowest BCUT2D eigenvalue weighted by Crippen LogP contribution is -2.21. The van der Waals surface area contributed by atoms with E-state index < -0.39 is 0 Å². The number of fused-ring (bicyclic) bond motifs is 1. The van der Waals surface area contributed by atoms with E-state index in [0.717, 1.165) is 25.3 Å². The lowest BCUT2D eigenvalue weighted by molar-refractivity contribution is 0.267. The maximum Gasteiger partial charge on any atom is 0.125 e. The molecule has 13 heavy (non-hydrogen) atoms. The first-order valence-electron chi connectivity index (χ1n) is 4.75. The van der Waals surface area contributed by atoms with Gasteiger partial charge in [-0.1, -0.05) is 18.2 Å². The van der Waals surface area contributed by atoms with Crippen LogP contribution in [0.25, 0.3) is 0 Å². The lowest BCUT2D eigenvalue weighted by atomic mass is 9.92. The Morgan fingerprint density at radius 1 is 1.54 bits per heavy atom. The Morgan fingerprint density at radius 3 is 3.15 bits per heavy atom. The van der Waals surface area contributed by atoms with E-state index in [1.165, 1.54) is 11.1 Å². The Labute approximate surface area is 78.7 Å². The largest absolute Gasteiger partial charge is 0.493 e. The summed E-state index contributed by atoms with van der Waals surface area (Å²) in [5, 5.41) is 0. The third kappa shape index (κ3) is 1.42. The molecule has 1 aliphatic heterocycles. The van der Waals surface area contributed by atoms with Crippen LogP contribution in [0.1, 0.15) is 23.5 Å². The molecule has 1 aromatic carbocycles. The molecule has 0 amide bonds. The van der Waals surface area contributed by atoms with Crippen molar-refractivity contribution < 1.29 is 4.74 Å². The summed E-state index contributed by atoms with van der Waals surface area (Å²) >= 11 is 0. The SMILES string of the molecule is Cc1cccc2c1OCCC2CN. The summed E-state index contributed by atoms with van der Waals surface area (Å²) in [5.74, 6) is 1.55. The molecule has 1 aromatic rings. The summed E-state index contributed by atoms with van der Waals surface area (Å²) in [6, 6.07) is 6.28. The van der Waals surface area contributed by atoms with Gasteiger partial charge in [0.1, 0.15) is 5.75 Å². The summed E-state index contributed by atoms with van der Waals surface area (Å²) in [5.41, 5.74) is 8.22. The zero-order valence-corrected chi connectivity index (χ0v) is 7.92. The van der Waals surface area contributed by atoms with Crippen molar-refractivity contribution >= 4 is 0 Å². The molecule has 0 saturated heterocycles. The van der Waals surface area contributed by atoms with Gasteiger partial charge < -0.3 is 10.5 Å². The van der Waals surface area contributed by atoms with Gasteiger partial charge in [-0.05, 0) is 31.0 Å². The monoisotopic (exact) mass is 177 g/mol. The standard InChI is InChI=1S/C11H15NO/c1-8-3-2-4-10-9(7-12)5-6-13-11(8)10/h2-4,9H,5-7,12H2,1H3. The predicted molar refractivity (Wildman–Crippen MR) is 53.1 cm³/mol. The van der Waals surface area contributed by atoms with Crippen molar-refractivity contribution in [2.45, 2.75) is 19.3 Å². The van der Waals surface area contributed by atoms with Gasteiger partial charge in [-0.25, -0.2) is 0 Å². The van der Waals surface area contributed by atoms with Crippen molar-refractivity contribution in [3.05, 3.63) is 29.3 Å². The van der Waals surface area contributed by atoms with Gasteiger partial charge in [-0.3, -0.25) is 0 Å². The highest BCUT2D eigenvalue weighted by Crippen LogP contribution is 2.35. The first-order chi connectivity index (χ1) is 6.33. The Bertz CT molecular complexity index is 309. The highest BCUT2D eigenvalue weighted by molar-refractivity contribution is 5.44. The zero-order chi connectivity index (χ0) is 9.26. The number of aryl methyl sites for hydroxylation is 1. The highest BCUT2D eigenvalue weighted by Gasteiger charge is 2.20.